The predicted octanol–water partition coefficient (Wildman–Crippen LogP) is 3.99. The van der Waals surface area contributed by atoms with E-state index in [1.54, 1.807) is 0 Å². The van der Waals surface area contributed by atoms with Crippen molar-refractivity contribution in [2.24, 2.45) is 0 Å². The topological polar surface area (TPSA) is 29.5 Å². The van der Waals surface area contributed by atoms with Crippen LogP contribution >= 0.6 is 11.6 Å². The second-order valence-corrected chi connectivity index (χ2v) is 4.89. The lowest BCUT2D eigenvalue weighted by atomic mass is 10.2. The van der Waals surface area contributed by atoms with Gasteiger partial charge in [0.05, 0.1) is 5.69 Å². The van der Waals surface area contributed by atoms with Crippen molar-refractivity contribution in [1.29, 1.82) is 0 Å². The van der Waals surface area contributed by atoms with Crippen LogP contribution in [0.4, 0.5) is 19.3 Å². The van der Waals surface area contributed by atoms with Crippen LogP contribution in [0.25, 0.3) is 0 Å². The van der Waals surface area contributed by atoms with Crippen LogP contribution in [-0.4, -0.2) is 18.7 Å². The van der Waals surface area contributed by atoms with Crippen molar-refractivity contribution in [3.05, 3.63) is 28.8 Å². The largest absolute Gasteiger partial charge is 0.443 e. The Bertz CT molecular complexity index is 559. The van der Waals surface area contributed by atoms with E-state index >= 15 is 0 Å². The average Bonchev–Trinajstić information content (AvgIpc) is 2.25. The van der Waals surface area contributed by atoms with Crippen LogP contribution in [0, 0.1) is 11.6 Å². The molecule has 0 fully saturated rings. The number of rotatable bonds is 1. The van der Waals surface area contributed by atoms with Gasteiger partial charge < -0.3 is 4.74 Å². The molecule has 1 rings (SSSR count). The Labute approximate surface area is 114 Å². The van der Waals surface area contributed by atoms with Gasteiger partial charge in [0.1, 0.15) is 16.4 Å². The third-order valence-electron chi connectivity index (χ3n) is 1.83. The van der Waals surface area contributed by atoms with E-state index in [0.29, 0.717) is 0 Å². The Morgan fingerprint density at radius 2 is 2.06 bits per heavy atom. The Morgan fingerprint density at radius 3 is 2.56 bits per heavy atom. The SMILES string of the molecule is [2H]C([2H])([2H])N(C(=O)OC(C)(C)C)c1ccc(F)c(Cl)c1F. The zero-order chi connectivity index (χ0) is 16.6. The van der Waals surface area contributed by atoms with Gasteiger partial charge in [0, 0.05) is 11.1 Å². The molecule has 0 radical (unpaired) electrons. The smallest absolute Gasteiger partial charge is 0.414 e. The minimum absolute atomic E-state index is 0.124. The molecule has 18 heavy (non-hydrogen) atoms. The molecular weight excluding hydrogens is 264 g/mol. The van der Waals surface area contributed by atoms with Gasteiger partial charge in [-0.1, -0.05) is 11.6 Å². The predicted molar refractivity (Wildman–Crippen MR) is 66.0 cm³/mol. The van der Waals surface area contributed by atoms with Gasteiger partial charge in [0.25, 0.3) is 0 Å². The van der Waals surface area contributed by atoms with E-state index in [1.165, 1.54) is 20.8 Å². The highest BCUT2D eigenvalue weighted by Gasteiger charge is 2.24. The van der Waals surface area contributed by atoms with Crippen LogP contribution in [0.1, 0.15) is 24.9 Å². The summed E-state index contributed by atoms with van der Waals surface area (Å²) in [6.45, 7) is 1.55. The molecule has 0 atom stereocenters. The van der Waals surface area contributed by atoms with Gasteiger partial charge in [0.2, 0.25) is 0 Å². The number of carbonyl (C=O) groups excluding carboxylic acids is 1. The van der Waals surface area contributed by atoms with Gasteiger partial charge in [-0.15, -0.1) is 0 Å². The standard InChI is InChI=1S/C12H14ClF2NO2/c1-12(2,3)18-11(17)16(4)8-6-5-7(14)9(13)10(8)15/h5-6H,1-4H3/i4D3. The highest BCUT2D eigenvalue weighted by atomic mass is 35.5. The summed E-state index contributed by atoms with van der Waals surface area (Å²) >= 11 is 5.40. The summed E-state index contributed by atoms with van der Waals surface area (Å²) in [4.78, 5) is 12.1. The van der Waals surface area contributed by atoms with Gasteiger partial charge in [-0.05, 0) is 32.9 Å². The van der Waals surface area contributed by atoms with Crippen LogP contribution in [0.3, 0.4) is 0 Å². The maximum Gasteiger partial charge on any atom is 0.414 e. The minimum atomic E-state index is -3.02. The van der Waals surface area contributed by atoms with Gasteiger partial charge in [-0.3, -0.25) is 4.90 Å². The number of hydrogen-bond acceptors (Lipinski definition) is 2. The molecule has 0 unspecified atom stereocenters. The lowest BCUT2D eigenvalue weighted by Gasteiger charge is -2.25. The van der Waals surface area contributed by atoms with Crippen molar-refractivity contribution in [2.45, 2.75) is 26.4 Å². The fourth-order valence-electron chi connectivity index (χ4n) is 1.09. The number of anilines is 1. The molecule has 3 nitrogen and oxygen atoms in total. The first kappa shape index (κ1) is 10.6. The molecule has 0 aliphatic heterocycles. The highest BCUT2D eigenvalue weighted by Crippen LogP contribution is 2.28. The van der Waals surface area contributed by atoms with Crippen molar-refractivity contribution in [2.75, 3.05) is 11.9 Å². The van der Waals surface area contributed by atoms with Crippen LogP contribution in [0.15, 0.2) is 12.1 Å². The van der Waals surface area contributed by atoms with Crippen molar-refractivity contribution in [3.8, 4) is 0 Å². The molecule has 0 saturated heterocycles. The van der Waals surface area contributed by atoms with Crippen LogP contribution < -0.4 is 4.90 Å². The van der Waals surface area contributed by atoms with E-state index in [2.05, 4.69) is 0 Å². The lowest BCUT2D eigenvalue weighted by molar-refractivity contribution is 0.0588. The Balaban J connectivity index is 3.35. The van der Waals surface area contributed by atoms with E-state index in [-0.39, 0.29) is 4.90 Å². The quantitative estimate of drug-likeness (QED) is 0.728. The maximum atomic E-state index is 14.0. The molecule has 1 aromatic rings. The summed E-state index contributed by atoms with van der Waals surface area (Å²) in [5.41, 5.74) is -1.67. The number of carbonyl (C=O) groups is 1. The van der Waals surface area contributed by atoms with Crippen LogP contribution in [0.2, 0.25) is 5.02 Å². The summed E-state index contributed by atoms with van der Waals surface area (Å²) in [6, 6.07) is 1.58. The molecular formula is C12H14ClF2NO2. The molecule has 0 bridgehead atoms. The molecule has 100 valence electrons. The van der Waals surface area contributed by atoms with Crippen LogP contribution in [-0.2, 0) is 4.74 Å². The zero-order valence-electron chi connectivity index (χ0n) is 13.1. The highest BCUT2D eigenvalue weighted by molar-refractivity contribution is 6.31. The fraction of sp³-hybridized carbons (Fsp3) is 0.417. The fourth-order valence-corrected chi connectivity index (χ4v) is 1.25. The molecule has 0 aliphatic carbocycles. The number of amides is 1. The Kier molecular flexibility index (Phi) is 2.99. The summed E-state index contributed by atoms with van der Waals surface area (Å²) < 4.78 is 54.1. The minimum Gasteiger partial charge on any atom is -0.443 e. The molecule has 0 spiro atoms. The monoisotopic (exact) mass is 280 g/mol. The summed E-state index contributed by atoms with van der Waals surface area (Å²) in [6.07, 6.45) is -1.29. The molecule has 0 heterocycles. The van der Waals surface area contributed by atoms with Gasteiger partial charge >= 0.3 is 6.09 Å². The molecule has 1 aromatic carbocycles. The van der Waals surface area contributed by atoms with E-state index in [4.69, 9.17) is 20.5 Å². The van der Waals surface area contributed by atoms with Gasteiger partial charge in [0.15, 0.2) is 5.82 Å². The second-order valence-electron chi connectivity index (χ2n) is 4.51. The van der Waals surface area contributed by atoms with Crippen molar-refractivity contribution < 1.29 is 22.4 Å². The van der Waals surface area contributed by atoms with Crippen molar-refractivity contribution >= 4 is 23.4 Å². The molecule has 0 aliphatic rings. The second kappa shape index (κ2) is 5.10. The van der Waals surface area contributed by atoms with E-state index < -0.39 is 41.0 Å². The van der Waals surface area contributed by atoms with Gasteiger partial charge in [-0.25, -0.2) is 13.6 Å². The van der Waals surface area contributed by atoms with Crippen molar-refractivity contribution in [3.63, 3.8) is 0 Å². The van der Waals surface area contributed by atoms with Crippen molar-refractivity contribution in [1.82, 2.24) is 0 Å². The third-order valence-corrected chi connectivity index (χ3v) is 2.18. The molecule has 0 saturated carbocycles. The van der Waals surface area contributed by atoms with E-state index in [0.717, 1.165) is 12.1 Å². The first-order chi connectivity index (χ1) is 9.34. The van der Waals surface area contributed by atoms with E-state index in [1.807, 2.05) is 0 Å². The number of halogens is 3. The average molecular weight is 281 g/mol. The number of ether oxygens (including phenoxy) is 1. The normalized spacial score (nSPS) is 14.4. The van der Waals surface area contributed by atoms with Crippen LogP contribution in [0.5, 0.6) is 0 Å². The first-order valence-electron chi connectivity index (χ1n) is 6.51. The molecule has 0 aromatic heterocycles. The number of benzene rings is 1. The van der Waals surface area contributed by atoms with Gasteiger partial charge in [-0.2, -0.15) is 0 Å². The third kappa shape index (κ3) is 3.32. The Hall–Kier alpha value is -1.36. The maximum absolute atomic E-state index is 14.0. The zero-order valence-corrected chi connectivity index (χ0v) is 10.8. The molecule has 1 amide bonds. The summed E-state index contributed by atoms with van der Waals surface area (Å²) in [5, 5.41) is -0.898. The lowest BCUT2D eigenvalue weighted by Crippen LogP contribution is -2.34. The summed E-state index contributed by atoms with van der Waals surface area (Å²) in [7, 11) is 0. The first-order valence-corrected chi connectivity index (χ1v) is 5.39. The molecule has 6 heteroatoms. The Morgan fingerprint density at radius 1 is 1.44 bits per heavy atom. The molecule has 0 N–H and O–H groups in total. The van der Waals surface area contributed by atoms with E-state index in [9.17, 15) is 13.6 Å². The summed E-state index contributed by atoms with van der Waals surface area (Å²) in [5.74, 6) is -2.41. The number of nitrogens with zero attached hydrogens (tertiary/aromatic N) is 1. The number of hydrogen-bond donors (Lipinski definition) is 0.